The third-order valence-corrected chi connectivity index (χ3v) is 4.74. The number of esters is 1. The molecule has 1 aromatic rings. The molecule has 5 nitrogen and oxygen atoms in total. The minimum absolute atomic E-state index is 0.0105. The summed E-state index contributed by atoms with van der Waals surface area (Å²) in [6, 6.07) is 4.96. The lowest BCUT2D eigenvalue weighted by Gasteiger charge is -2.08. The van der Waals surface area contributed by atoms with Crippen molar-refractivity contribution < 1.29 is 17.9 Å². The van der Waals surface area contributed by atoms with Crippen LogP contribution in [-0.2, 0) is 19.6 Å². The average Bonchev–Trinajstić information content (AvgIpc) is 2.28. The lowest BCUT2D eigenvalue weighted by molar-refractivity contribution is -0.142. The number of carbonyl (C=O) groups is 1. The summed E-state index contributed by atoms with van der Waals surface area (Å²) in [6.45, 7) is 3.87. The van der Waals surface area contributed by atoms with Crippen LogP contribution < -0.4 is 4.72 Å². The molecule has 0 saturated heterocycles. The van der Waals surface area contributed by atoms with Crippen LogP contribution in [0.15, 0.2) is 27.6 Å². The van der Waals surface area contributed by atoms with Crippen LogP contribution in [0.25, 0.3) is 0 Å². The number of halogens is 1. The van der Waals surface area contributed by atoms with E-state index in [-0.39, 0.29) is 24.5 Å². The second-order valence-electron chi connectivity index (χ2n) is 3.89. The van der Waals surface area contributed by atoms with Crippen molar-refractivity contribution in [3.63, 3.8) is 0 Å². The van der Waals surface area contributed by atoms with Crippen LogP contribution in [0, 0.1) is 6.92 Å². The van der Waals surface area contributed by atoms with Crippen molar-refractivity contribution in [2.45, 2.75) is 25.2 Å². The van der Waals surface area contributed by atoms with E-state index in [9.17, 15) is 13.2 Å². The molecule has 1 rings (SSSR count). The first-order valence-corrected chi connectivity index (χ1v) is 8.06. The van der Waals surface area contributed by atoms with E-state index in [1.54, 1.807) is 19.1 Å². The number of rotatable bonds is 6. The predicted octanol–water partition coefficient (Wildman–Crippen LogP) is 1.99. The van der Waals surface area contributed by atoms with Gasteiger partial charge < -0.3 is 4.74 Å². The van der Waals surface area contributed by atoms with E-state index in [0.717, 1.165) is 5.56 Å². The molecule has 1 N–H and O–H groups in total. The highest BCUT2D eigenvalue weighted by Gasteiger charge is 2.17. The second kappa shape index (κ2) is 7.02. The normalized spacial score (nSPS) is 11.3. The Kier molecular flexibility index (Phi) is 5.96. The van der Waals surface area contributed by atoms with Crippen LogP contribution in [0.1, 0.15) is 18.9 Å². The lowest BCUT2D eigenvalue weighted by Crippen LogP contribution is -2.27. The van der Waals surface area contributed by atoms with Gasteiger partial charge in [0.15, 0.2) is 0 Å². The van der Waals surface area contributed by atoms with E-state index in [4.69, 9.17) is 4.74 Å². The minimum atomic E-state index is -3.62. The van der Waals surface area contributed by atoms with Gasteiger partial charge in [0.2, 0.25) is 10.0 Å². The standard InChI is InChI=1S/C12H16BrNO4S/c1-3-18-12(15)6-7-14-19(16,17)11-5-4-9(2)8-10(11)13/h4-5,8,14H,3,6-7H2,1-2H3. The van der Waals surface area contributed by atoms with Crippen LogP contribution in [0.5, 0.6) is 0 Å². The number of aryl methyl sites for hydroxylation is 1. The third kappa shape index (κ3) is 4.93. The van der Waals surface area contributed by atoms with Gasteiger partial charge in [-0.05, 0) is 47.5 Å². The molecule has 0 fully saturated rings. The van der Waals surface area contributed by atoms with Gasteiger partial charge in [-0.3, -0.25) is 4.79 Å². The fraction of sp³-hybridized carbons (Fsp3) is 0.417. The fourth-order valence-corrected chi connectivity index (χ4v) is 3.64. The van der Waals surface area contributed by atoms with Crippen LogP contribution in [0.3, 0.4) is 0 Å². The highest BCUT2D eigenvalue weighted by atomic mass is 79.9. The van der Waals surface area contributed by atoms with Gasteiger partial charge in [-0.25, -0.2) is 13.1 Å². The van der Waals surface area contributed by atoms with Crippen molar-refractivity contribution in [3.8, 4) is 0 Å². The first kappa shape index (κ1) is 16.1. The molecule has 19 heavy (non-hydrogen) atoms. The highest BCUT2D eigenvalue weighted by Crippen LogP contribution is 2.22. The molecule has 0 heterocycles. The van der Waals surface area contributed by atoms with E-state index in [2.05, 4.69) is 20.7 Å². The maximum atomic E-state index is 12.0. The molecule has 7 heteroatoms. The monoisotopic (exact) mass is 349 g/mol. The summed E-state index contributed by atoms with van der Waals surface area (Å²) < 4.78 is 31.6. The van der Waals surface area contributed by atoms with Crippen molar-refractivity contribution in [2.75, 3.05) is 13.2 Å². The Morgan fingerprint density at radius 3 is 2.68 bits per heavy atom. The van der Waals surface area contributed by atoms with Crippen LogP contribution in [0.4, 0.5) is 0 Å². The van der Waals surface area contributed by atoms with Gasteiger partial charge in [0.05, 0.1) is 17.9 Å². The van der Waals surface area contributed by atoms with Crippen LogP contribution in [-0.4, -0.2) is 27.5 Å². The zero-order chi connectivity index (χ0) is 14.5. The number of sulfonamides is 1. The first-order chi connectivity index (χ1) is 8.86. The summed E-state index contributed by atoms with van der Waals surface area (Å²) in [6.07, 6.45) is 0.0105. The molecule has 0 spiro atoms. The van der Waals surface area contributed by atoms with E-state index in [0.29, 0.717) is 4.47 Å². The largest absolute Gasteiger partial charge is 0.466 e. The van der Waals surface area contributed by atoms with Gasteiger partial charge in [0.1, 0.15) is 0 Å². The molecule has 1 aromatic carbocycles. The van der Waals surface area contributed by atoms with Gasteiger partial charge in [0.25, 0.3) is 0 Å². The number of nitrogens with one attached hydrogen (secondary N) is 1. The molecule has 0 aliphatic rings. The summed E-state index contributed by atoms with van der Waals surface area (Å²) in [5, 5.41) is 0. The topological polar surface area (TPSA) is 72.5 Å². The highest BCUT2D eigenvalue weighted by molar-refractivity contribution is 9.10. The maximum absolute atomic E-state index is 12.0. The molecular formula is C12H16BrNO4S. The SMILES string of the molecule is CCOC(=O)CCNS(=O)(=O)c1ccc(C)cc1Br. The van der Waals surface area contributed by atoms with Crippen molar-refractivity contribution in [2.24, 2.45) is 0 Å². The Labute approximate surface area is 121 Å². The molecule has 0 saturated carbocycles. The van der Waals surface area contributed by atoms with E-state index < -0.39 is 16.0 Å². The number of carbonyl (C=O) groups excluding carboxylic acids is 1. The van der Waals surface area contributed by atoms with Crippen molar-refractivity contribution >= 4 is 31.9 Å². The van der Waals surface area contributed by atoms with E-state index in [1.165, 1.54) is 6.07 Å². The Bertz CT molecular complexity index is 557. The molecule has 0 radical (unpaired) electrons. The van der Waals surface area contributed by atoms with Crippen molar-refractivity contribution in [1.82, 2.24) is 4.72 Å². The van der Waals surface area contributed by atoms with Gasteiger partial charge in [-0.15, -0.1) is 0 Å². The van der Waals surface area contributed by atoms with Gasteiger partial charge >= 0.3 is 5.97 Å². The average molecular weight is 350 g/mol. The summed E-state index contributed by atoms with van der Waals surface area (Å²) in [7, 11) is -3.62. The molecule has 0 bridgehead atoms. The zero-order valence-corrected chi connectivity index (χ0v) is 13.2. The number of hydrogen-bond donors (Lipinski definition) is 1. The van der Waals surface area contributed by atoms with Crippen molar-refractivity contribution in [1.29, 1.82) is 0 Å². The third-order valence-electron chi connectivity index (χ3n) is 2.30. The van der Waals surface area contributed by atoms with Crippen molar-refractivity contribution in [3.05, 3.63) is 28.2 Å². The summed E-state index contributed by atoms with van der Waals surface area (Å²) in [4.78, 5) is 11.3. The minimum Gasteiger partial charge on any atom is -0.466 e. The zero-order valence-electron chi connectivity index (χ0n) is 10.8. The fourth-order valence-electron chi connectivity index (χ4n) is 1.42. The number of ether oxygens (including phenoxy) is 1. The Balaban J connectivity index is 2.68. The van der Waals surface area contributed by atoms with Crippen LogP contribution >= 0.6 is 15.9 Å². The van der Waals surface area contributed by atoms with E-state index >= 15 is 0 Å². The molecule has 0 amide bonds. The maximum Gasteiger partial charge on any atom is 0.307 e. The van der Waals surface area contributed by atoms with Gasteiger partial charge in [0, 0.05) is 11.0 Å². The Morgan fingerprint density at radius 1 is 1.42 bits per heavy atom. The Hall–Kier alpha value is -0.920. The molecule has 0 aromatic heterocycles. The molecule has 0 unspecified atom stereocenters. The second-order valence-corrected chi connectivity index (χ2v) is 6.48. The predicted molar refractivity (Wildman–Crippen MR) is 75.3 cm³/mol. The van der Waals surface area contributed by atoms with Gasteiger partial charge in [-0.1, -0.05) is 6.07 Å². The number of hydrogen-bond acceptors (Lipinski definition) is 4. The van der Waals surface area contributed by atoms with Gasteiger partial charge in [-0.2, -0.15) is 0 Å². The molecular weight excluding hydrogens is 334 g/mol. The number of benzene rings is 1. The summed E-state index contributed by atoms with van der Waals surface area (Å²) >= 11 is 3.22. The molecule has 0 atom stereocenters. The summed E-state index contributed by atoms with van der Waals surface area (Å²) in [5.41, 5.74) is 0.956. The summed E-state index contributed by atoms with van der Waals surface area (Å²) in [5.74, 6) is -0.423. The first-order valence-electron chi connectivity index (χ1n) is 5.78. The van der Waals surface area contributed by atoms with Crippen LogP contribution in [0.2, 0.25) is 0 Å². The molecule has 0 aliphatic heterocycles. The van der Waals surface area contributed by atoms with E-state index in [1.807, 2.05) is 6.92 Å². The quantitative estimate of drug-likeness (QED) is 0.797. The lowest BCUT2D eigenvalue weighted by atomic mass is 10.2. The Morgan fingerprint density at radius 2 is 2.11 bits per heavy atom. The molecule has 0 aliphatic carbocycles. The molecule has 106 valence electrons. The smallest absolute Gasteiger partial charge is 0.307 e.